The van der Waals surface area contributed by atoms with Gasteiger partial charge in [-0.05, 0) is 62.4 Å². The average Bonchev–Trinajstić information content (AvgIpc) is 3.23. The summed E-state index contributed by atoms with van der Waals surface area (Å²) < 4.78 is 49.8. The van der Waals surface area contributed by atoms with Crippen molar-refractivity contribution >= 4 is 44.4 Å². The molecular formula is C28H29ClN2O8S. The minimum Gasteiger partial charge on any atom is -0.489 e. The van der Waals surface area contributed by atoms with E-state index in [2.05, 4.69) is 5.32 Å². The van der Waals surface area contributed by atoms with Crippen LogP contribution in [0.1, 0.15) is 13.8 Å². The third kappa shape index (κ3) is 6.61. The molecule has 1 heterocycles. The van der Waals surface area contributed by atoms with Gasteiger partial charge in [0.25, 0.3) is 0 Å². The highest BCUT2D eigenvalue weighted by Crippen LogP contribution is 2.45. The van der Waals surface area contributed by atoms with E-state index >= 15 is 0 Å². The summed E-state index contributed by atoms with van der Waals surface area (Å²) in [5, 5.41) is 12.9. The molecule has 0 atom stereocenters. The Morgan fingerprint density at radius 1 is 1.10 bits per heavy atom. The van der Waals surface area contributed by atoms with Crippen molar-refractivity contribution in [2.45, 2.75) is 20.0 Å². The second-order valence-corrected chi connectivity index (χ2v) is 11.4. The predicted octanol–water partition coefficient (Wildman–Crippen LogP) is 5.81. The Morgan fingerprint density at radius 3 is 2.42 bits per heavy atom. The fraction of sp³-hybridized carbons (Fsp3) is 0.250. The standard InChI is InChI=1S/C28H29ClN2O8S/c1-17(2)36-25-15-22-24(16-23(25)31(12-13-32)40(4,34)35)38-26(27(22)39-28(33)30-3)18-8-10-20(11-9-18)37-21-7-5-6-19(29)14-21/h5-11,14-17,32H,12-13H2,1-4H3,(H,30,33). The van der Waals surface area contributed by atoms with E-state index in [1.807, 2.05) is 0 Å². The Hall–Kier alpha value is -3.93. The summed E-state index contributed by atoms with van der Waals surface area (Å²) in [7, 11) is -2.36. The van der Waals surface area contributed by atoms with E-state index in [0.29, 0.717) is 27.5 Å². The van der Waals surface area contributed by atoms with Crippen LogP contribution in [0.4, 0.5) is 10.5 Å². The normalized spacial score (nSPS) is 11.5. The molecular weight excluding hydrogens is 560 g/mol. The van der Waals surface area contributed by atoms with Crippen molar-refractivity contribution in [3.05, 3.63) is 65.7 Å². The third-order valence-corrected chi connectivity index (χ3v) is 7.02. The van der Waals surface area contributed by atoms with E-state index < -0.39 is 22.7 Å². The molecule has 212 valence electrons. The number of anilines is 1. The van der Waals surface area contributed by atoms with Crippen LogP contribution in [0.15, 0.2) is 65.1 Å². The van der Waals surface area contributed by atoms with E-state index in [0.717, 1.165) is 10.6 Å². The van der Waals surface area contributed by atoms with Crippen LogP contribution in [0, 0.1) is 0 Å². The SMILES string of the molecule is CNC(=O)Oc1c(-c2ccc(Oc3cccc(Cl)c3)cc2)oc2cc(N(CCO)S(C)(=O)=O)c(OC(C)C)cc12. The summed E-state index contributed by atoms with van der Waals surface area (Å²) in [5.41, 5.74) is 0.984. The number of carbonyl (C=O) groups excluding carboxylic acids is 1. The number of hydrogen-bond acceptors (Lipinski definition) is 8. The number of carbonyl (C=O) groups is 1. The first-order chi connectivity index (χ1) is 19.0. The zero-order chi connectivity index (χ0) is 29.0. The van der Waals surface area contributed by atoms with Gasteiger partial charge in [-0.15, -0.1) is 0 Å². The van der Waals surface area contributed by atoms with Gasteiger partial charge < -0.3 is 29.1 Å². The van der Waals surface area contributed by atoms with Crippen LogP contribution in [0.2, 0.25) is 5.02 Å². The van der Waals surface area contributed by atoms with Crippen LogP contribution in [-0.4, -0.2) is 52.2 Å². The minimum atomic E-state index is -3.78. The first-order valence-corrected chi connectivity index (χ1v) is 14.5. The van der Waals surface area contributed by atoms with Crippen LogP contribution in [0.3, 0.4) is 0 Å². The van der Waals surface area contributed by atoms with Crippen LogP contribution in [-0.2, 0) is 10.0 Å². The highest BCUT2D eigenvalue weighted by atomic mass is 35.5. The lowest BCUT2D eigenvalue weighted by atomic mass is 10.1. The number of rotatable bonds is 10. The summed E-state index contributed by atoms with van der Waals surface area (Å²) in [5.74, 6) is 1.66. The Morgan fingerprint density at radius 2 is 1.82 bits per heavy atom. The van der Waals surface area contributed by atoms with E-state index in [1.54, 1.807) is 68.4 Å². The van der Waals surface area contributed by atoms with Crippen molar-refractivity contribution in [2.24, 2.45) is 0 Å². The van der Waals surface area contributed by atoms with Crippen LogP contribution in [0.5, 0.6) is 23.0 Å². The first-order valence-electron chi connectivity index (χ1n) is 12.3. The van der Waals surface area contributed by atoms with Crippen molar-refractivity contribution in [2.75, 3.05) is 30.8 Å². The van der Waals surface area contributed by atoms with Crippen molar-refractivity contribution in [3.63, 3.8) is 0 Å². The molecule has 3 aromatic carbocycles. The van der Waals surface area contributed by atoms with Gasteiger partial charge in [0.05, 0.1) is 36.6 Å². The number of hydrogen-bond donors (Lipinski definition) is 2. The molecule has 0 saturated heterocycles. The van der Waals surface area contributed by atoms with Gasteiger partial charge in [-0.1, -0.05) is 17.7 Å². The predicted molar refractivity (Wildman–Crippen MR) is 153 cm³/mol. The minimum absolute atomic E-state index is 0.117. The van der Waals surface area contributed by atoms with Gasteiger partial charge in [-0.2, -0.15) is 0 Å². The number of aliphatic hydroxyl groups is 1. The van der Waals surface area contributed by atoms with Gasteiger partial charge in [-0.3, -0.25) is 4.31 Å². The Bertz CT molecular complexity index is 1620. The number of furan rings is 1. The van der Waals surface area contributed by atoms with E-state index in [1.165, 1.54) is 13.1 Å². The second kappa shape index (κ2) is 12.1. The number of sulfonamides is 1. The molecule has 1 aromatic heterocycles. The molecule has 0 aliphatic heterocycles. The summed E-state index contributed by atoms with van der Waals surface area (Å²) >= 11 is 6.04. The molecule has 0 unspecified atom stereocenters. The van der Waals surface area contributed by atoms with Crippen molar-refractivity contribution in [1.29, 1.82) is 0 Å². The third-order valence-electron chi connectivity index (χ3n) is 5.61. The number of halogens is 1. The first kappa shape index (κ1) is 29.1. The van der Waals surface area contributed by atoms with Crippen LogP contribution < -0.4 is 23.8 Å². The summed E-state index contributed by atoms with van der Waals surface area (Å²) in [6.45, 7) is 2.98. The van der Waals surface area contributed by atoms with Gasteiger partial charge in [-0.25, -0.2) is 13.2 Å². The lowest BCUT2D eigenvalue weighted by Crippen LogP contribution is -2.33. The molecule has 0 saturated carbocycles. The van der Waals surface area contributed by atoms with Crippen molar-refractivity contribution < 1.29 is 36.9 Å². The Labute approximate surface area is 237 Å². The van der Waals surface area contributed by atoms with Crippen molar-refractivity contribution in [3.8, 4) is 34.3 Å². The zero-order valence-corrected chi connectivity index (χ0v) is 23.9. The maximum atomic E-state index is 12.6. The molecule has 1 amide bonds. The lowest BCUT2D eigenvalue weighted by Gasteiger charge is -2.24. The fourth-order valence-corrected chi connectivity index (χ4v) is 5.06. The molecule has 0 radical (unpaired) electrons. The highest BCUT2D eigenvalue weighted by Gasteiger charge is 2.27. The molecule has 2 N–H and O–H groups in total. The molecule has 0 bridgehead atoms. The monoisotopic (exact) mass is 588 g/mol. The number of nitrogens with one attached hydrogen (secondary N) is 1. The largest absolute Gasteiger partial charge is 0.489 e. The average molecular weight is 589 g/mol. The molecule has 12 heteroatoms. The van der Waals surface area contributed by atoms with Crippen LogP contribution >= 0.6 is 11.6 Å². The lowest BCUT2D eigenvalue weighted by molar-refractivity contribution is 0.203. The number of fused-ring (bicyclic) bond motifs is 1. The second-order valence-electron chi connectivity index (χ2n) is 9.03. The molecule has 0 aliphatic rings. The number of benzene rings is 3. The Kier molecular flexibility index (Phi) is 8.77. The summed E-state index contributed by atoms with van der Waals surface area (Å²) in [6.07, 6.45) is -0.000958. The maximum absolute atomic E-state index is 12.6. The summed E-state index contributed by atoms with van der Waals surface area (Å²) in [6, 6.07) is 16.9. The van der Waals surface area contributed by atoms with Crippen LogP contribution in [0.25, 0.3) is 22.3 Å². The van der Waals surface area contributed by atoms with Gasteiger partial charge in [0.2, 0.25) is 10.0 Å². The number of amides is 1. The molecule has 4 rings (SSSR count). The maximum Gasteiger partial charge on any atom is 0.412 e. The van der Waals surface area contributed by atoms with Crippen molar-refractivity contribution in [1.82, 2.24) is 5.32 Å². The molecule has 0 fully saturated rings. The van der Waals surface area contributed by atoms with Gasteiger partial charge in [0.1, 0.15) is 22.8 Å². The molecule has 0 aliphatic carbocycles. The number of nitrogens with zero attached hydrogens (tertiary/aromatic N) is 1. The quantitative estimate of drug-likeness (QED) is 0.238. The molecule has 40 heavy (non-hydrogen) atoms. The number of ether oxygens (including phenoxy) is 3. The fourth-order valence-electron chi connectivity index (χ4n) is 3.96. The van der Waals surface area contributed by atoms with Gasteiger partial charge in [0.15, 0.2) is 11.5 Å². The Balaban J connectivity index is 1.85. The summed E-state index contributed by atoms with van der Waals surface area (Å²) in [4.78, 5) is 12.3. The zero-order valence-electron chi connectivity index (χ0n) is 22.3. The molecule has 4 aromatic rings. The highest BCUT2D eigenvalue weighted by molar-refractivity contribution is 7.92. The molecule has 0 spiro atoms. The van der Waals surface area contributed by atoms with E-state index in [4.69, 9.17) is 30.2 Å². The van der Waals surface area contributed by atoms with E-state index in [9.17, 15) is 18.3 Å². The van der Waals surface area contributed by atoms with Gasteiger partial charge in [0, 0.05) is 23.7 Å². The molecule has 10 nitrogen and oxygen atoms in total. The topological polar surface area (TPSA) is 128 Å². The smallest absolute Gasteiger partial charge is 0.412 e. The van der Waals surface area contributed by atoms with Gasteiger partial charge >= 0.3 is 6.09 Å². The number of aliphatic hydroxyl groups excluding tert-OH is 1. The van der Waals surface area contributed by atoms with E-state index in [-0.39, 0.29) is 41.2 Å².